The van der Waals surface area contributed by atoms with Crippen LogP contribution in [0.5, 0.6) is 5.75 Å². The van der Waals surface area contributed by atoms with Crippen LogP contribution in [0.3, 0.4) is 0 Å². The van der Waals surface area contributed by atoms with Crippen LogP contribution in [0.25, 0.3) is 0 Å². The van der Waals surface area contributed by atoms with Crippen molar-refractivity contribution in [1.82, 2.24) is 0 Å². The monoisotopic (exact) mass is 238 g/mol. The third-order valence-electron chi connectivity index (χ3n) is 2.61. The Hall–Kier alpha value is -1.39. The Bertz CT molecular complexity index is 364. The number of aliphatic hydroxyl groups is 2. The summed E-state index contributed by atoms with van der Waals surface area (Å²) in [4.78, 5) is 10.5. The van der Waals surface area contributed by atoms with Gasteiger partial charge in [0, 0.05) is 6.42 Å². The number of ether oxygens (including phenoxy) is 1. The molecule has 0 spiro atoms. The lowest BCUT2D eigenvalue weighted by Crippen LogP contribution is -2.21. The van der Waals surface area contributed by atoms with Gasteiger partial charge in [0.15, 0.2) is 0 Å². The van der Waals surface area contributed by atoms with Crippen molar-refractivity contribution in [2.75, 3.05) is 13.2 Å². The molecule has 0 aromatic heterocycles. The molecule has 1 rings (SSSR count). The maximum atomic E-state index is 10.5. The standard InChI is InChI=1S/C13H18O4/c1-9-5-12(17-8-11(16)7-15)6-10(2)13(9)3-4-14/h4-6,11,15-16H,3,7-8H2,1-2H3. The van der Waals surface area contributed by atoms with E-state index in [9.17, 15) is 9.90 Å². The molecule has 17 heavy (non-hydrogen) atoms. The van der Waals surface area contributed by atoms with Crippen LogP contribution < -0.4 is 4.74 Å². The third kappa shape index (κ3) is 3.84. The van der Waals surface area contributed by atoms with E-state index in [1.165, 1.54) is 0 Å². The molecular weight excluding hydrogens is 220 g/mol. The third-order valence-corrected chi connectivity index (χ3v) is 2.61. The van der Waals surface area contributed by atoms with E-state index in [2.05, 4.69) is 0 Å². The van der Waals surface area contributed by atoms with Crippen LogP contribution >= 0.6 is 0 Å². The van der Waals surface area contributed by atoms with E-state index < -0.39 is 6.10 Å². The average molecular weight is 238 g/mol. The fraction of sp³-hybridized carbons (Fsp3) is 0.462. The summed E-state index contributed by atoms with van der Waals surface area (Å²) in [6.45, 7) is 3.58. The minimum Gasteiger partial charge on any atom is -0.491 e. The molecule has 0 aliphatic carbocycles. The maximum absolute atomic E-state index is 10.5. The molecule has 1 aromatic rings. The highest BCUT2D eigenvalue weighted by Gasteiger charge is 2.07. The topological polar surface area (TPSA) is 66.8 Å². The molecule has 0 saturated heterocycles. The Morgan fingerprint density at radius 1 is 1.35 bits per heavy atom. The van der Waals surface area contributed by atoms with Crippen molar-refractivity contribution in [3.8, 4) is 5.75 Å². The summed E-state index contributed by atoms with van der Waals surface area (Å²) in [6.07, 6.45) is 0.410. The summed E-state index contributed by atoms with van der Waals surface area (Å²) in [5.74, 6) is 0.641. The van der Waals surface area contributed by atoms with E-state index in [1.54, 1.807) is 0 Å². The van der Waals surface area contributed by atoms with Gasteiger partial charge in [-0.25, -0.2) is 0 Å². The number of aliphatic hydroxyl groups excluding tert-OH is 2. The number of carbonyl (C=O) groups is 1. The van der Waals surface area contributed by atoms with Crippen molar-refractivity contribution in [1.29, 1.82) is 0 Å². The van der Waals surface area contributed by atoms with Crippen molar-refractivity contribution in [2.24, 2.45) is 0 Å². The molecule has 94 valence electrons. The van der Waals surface area contributed by atoms with Gasteiger partial charge in [-0.1, -0.05) is 0 Å². The Balaban J connectivity index is 2.79. The molecular formula is C13H18O4. The quantitative estimate of drug-likeness (QED) is 0.719. The normalized spacial score (nSPS) is 12.2. The largest absolute Gasteiger partial charge is 0.491 e. The Morgan fingerprint density at radius 2 is 1.94 bits per heavy atom. The van der Waals surface area contributed by atoms with Crippen molar-refractivity contribution in [2.45, 2.75) is 26.4 Å². The van der Waals surface area contributed by atoms with Gasteiger partial charge in [-0.3, -0.25) is 0 Å². The number of rotatable bonds is 6. The molecule has 0 aliphatic rings. The molecule has 1 atom stereocenters. The minimum absolute atomic E-state index is 0.0579. The summed E-state index contributed by atoms with van der Waals surface area (Å²) >= 11 is 0. The van der Waals surface area contributed by atoms with Crippen molar-refractivity contribution in [3.63, 3.8) is 0 Å². The lowest BCUT2D eigenvalue weighted by Gasteiger charge is -2.13. The van der Waals surface area contributed by atoms with Gasteiger partial charge in [0.2, 0.25) is 0 Å². The fourth-order valence-corrected chi connectivity index (χ4v) is 1.69. The average Bonchev–Trinajstić information content (AvgIpc) is 2.30. The lowest BCUT2D eigenvalue weighted by molar-refractivity contribution is -0.107. The van der Waals surface area contributed by atoms with Crippen LogP contribution in [0.1, 0.15) is 16.7 Å². The summed E-state index contributed by atoms with van der Waals surface area (Å²) in [6, 6.07) is 3.66. The molecule has 0 heterocycles. The zero-order chi connectivity index (χ0) is 12.8. The van der Waals surface area contributed by atoms with Gasteiger partial charge < -0.3 is 19.7 Å². The zero-order valence-electron chi connectivity index (χ0n) is 10.1. The highest BCUT2D eigenvalue weighted by molar-refractivity contribution is 5.58. The van der Waals surface area contributed by atoms with Crippen LogP contribution in [0.2, 0.25) is 0 Å². The van der Waals surface area contributed by atoms with E-state index in [0.717, 1.165) is 23.0 Å². The number of benzene rings is 1. The molecule has 0 aliphatic heterocycles. The van der Waals surface area contributed by atoms with Crippen LogP contribution in [-0.4, -0.2) is 35.8 Å². The van der Waals surface area contributed by atoms with Gasteiger partial charge in [-0.15, -0.1) is 0 Å². The molecule has 0 amide bonds. The minimum atomic E-state index is -0.870. The first-order valence-corrected chi connectivity index (χ1v) is 5.54. The second-order valence-corrected chi connectivity index (χ2v) is 4.05. The number of carbonyl (C=O) groups excluding carboxylic acids is 1. The Kier molecular flexibility index (Phi) is 5.12. The molecule has 0 fully saturated rings. The number of hydrogen-bond acceptors (Lipinski definition) is 4. The Morgan fingerprint density at radius 3 is 2.41 bits per heavy atom. The van der Waals surface area contributed by atoms with E-state index in [1.807, 2.05) is 26.0 Å². The van der Waals surface area contributed by atoms with E-state index in [4.69, 9.17) is 9.84 Å². The van der Waals surface area contributed by atoms with Gasteiger partial charge in [-0.2, -0.15) is 0 Å². The predicted molar refractivity (Wildman–Crippen MR) is 64.3 cm³/mol. The van der Waals surface area contributed by atoms with Gasteiger partial charge in [0.05, 0.1) is 6.61 Å². The number of aldehydes is 1. The van der Waals surface area contributed by atoms with Crippen LogP contribution in [0.4, 0.5) is 0 Å². The van der Waals surface area contributed by atoms with Gasteiger partial charge in [0.1, 0.15) is 24.7 Å². The first-order chi connectivity index (χ1) is 8.08. The first kappa shape index (κ1) is 13.7. The van der Waals surface area contributed by atoms with Crippen molar-refractivity contribution in [3.05, 3.63) is 28.8 Å². The number of aryl methyl sites for hydroxylation is 2. The van der Waals surface area contributed by atoms with Crippen LogP contribution in [0.15, 0.2) is 12.1 Å². The Labute approximate surface area is 101 Å². The predicted octanol–water partition coefficient (Wildman–Crippen LogP) is 0.777. The molecule has 4 nitrogen and oxygen atoms in total. The molecule has 2 N–H and O–H groups in total. The van der Waals surface area contributed by atoms with E-state index >= 15 is 0 Å². The van der Waals surface area contributed by atoms with Gasteiger partial charge in [0.25, 0.3) is 0 Å². The van der Waals surface area contributed by atoms with Gasteiger partial charge in [-0.05, 0) is 42.7 Å². The molecule has 0 radical (unpaired) electrons. The fourth-order valence-electron chi connectivity index (χ4n) is 1.69. The lowest BCUT2D eigenvalue weighted by atomic mass is 10.0. The second-order valence-electron chi connectivity index (χ2n) is 4.05. The van der Waals surface area contributed by atoms with E-state index in [-0.39, 0.29) is 13.2 Å². The summed E-state index contributed by atoms with van der Waals surface area (Å²) in [5.41, 5.74) is 2.99. The first-order valence-electron chi connectivity index (χ1n) is 5.54. The summed E-state index contributed by atoms with van der Waals surface area (Å²) < 4.78 is 5.36. The van der Waals surface area contributed by atoms with Crippen molar-refractivity contribution >= 4 is 6.29 Å². The zero-order valence-corrected chi connectivity index (χ0v) is 10.1. The molecule has 0 bridgehead atoms. The highest BCUT2D eigenvalue weighted by Crippen LogP contribution is 2.22. The van der Waals surface area contributed by atoms with Crippen LogP contribution in [-0.2, 0) is 11.2 Å². The van der Waals surface area contributed by atoms with Gasteiger partial charge >= 0.3 is 0 Å². The molecule has 1 unspecified atom stereocenters. The molecule has 0 saturated carbocycles. The second kappa shape index (κ2) is 6.37. The molecule has 4 heteroatoms. The highest BCUT2D eigenvalue weighted by atomic mass is 16.5. The summed E-state index contributed by atoms with van der Waals surface area (Å²) in [5, 5.41) is 17.8. The van der Waals surface area contributed by atoms with Crippen LogP contribution in [0, 0.1) is 13.8 Å². The van der Waals surface area contributed by atoms with E-state index in [0.29, 0.717) is 12.2 Å². The number of hydrogen-bond donors (Lipinski definition) is 2. The summed E-state index contributed by atoms with van der Waals surface area (Å²) in [7, 11) is 0. The maximum Gasteiger partial charge on any atom is 0.124 e. The molecule has 1 aromatic carbocycles. The SMILES string of the molecule is Cc1cc(OCC(O)CO)cc(C)c1CC=O. The smallest absolute Gasteiger partial charge is 0.124 e. The van der Waals surface area contributed by atoms with Crippen molar-refractivity contribution < 1.29 is 19.7 Å².